The molecule has 0 saturated heterocycles. The number of hydrogen-bond donors (Lipinski definition) is 2. The number of nitrogens with one attached hydrogen (secondary N) is 2. The van der Waals surface area contributed by atoms with Crippen molar-refractivity contribution in [2.24, 2.45) is 0 Å². The molecule has 0 bridgehead atoms. The molecule has 5 nitrogen and oxygen atoms in total. The van der Waals surface area contributed by atoms with Gasteiger partial charge in [0.15, 0.2) is 0 Å². The van der Waals surface area contributed by atoms with E-state index in [9.17, 15) is 13.2 Å². The molecule has 0 unspecified atom stereocenters. The summed E-state index contributed by atoms with van der Waals surface area (Å²) in [7, 11) is -3.51. The first kappa shape index (κ1) is 14.7. The van der Waals surface area contributed by atoms with Gasteiger partial charge in [-0.25, -0.2) is 13.1 Å². The van der Waals surface area contributed by atoms with E-state index >= 15 is 0 Å². The molecule has 6 heteroatoms. The fourth-order valence-corrected chi connectivity index (χ4v) is 3.45. The minimum atomic E-state index is -3.51. The smallest absolute Gasteiger partial charge is 0.240 e. The number of carbonyl (C=O) groups excluding carboxylic acids is 1. The third kappa shape index (κ3) is 3.18. The molecule has 0 aliphatic carbocycles. The summed E-state index contributed by atoms with van der Waals surface area (Å²) < 4.78 is 26.9. The average molecular weight is 316 g/mol. The van der Waals surface area contributed by atoms with Crippen molar-refractivity contribution in [1.29, 1.82) is 0 Å². The van der Waals surface area contributed by atoms with Crippen molar-refractivity contribution in [2.75, 3.05) is 5.32 Å². The number of rotatable bonds is 4. The van der Waals surface area contributed by atoms with Gasteiger partial charge >= 0.3 is 0 Å². The van der Waals surface area contributed by atoms with E-state index in [0.29, 0.717) is 12.8 Å². The maximum absolute atomic E-state index is 12.2. The Hall–Kier alpha value is -2.18. The van der Waals surface area contributed by atoms with Crippen LogP contribution in [0.4, 0.5) is 5.69 Å². The van der Waals surface area contributed by atoms with Gasteiger partial charge < -0.3 is 5.32 Å². The largest absolute Gasteiger partial charge is 0.326 e. The quantitative estimate of drug-likeness (QED) is 0.906. The Balaban J connectivity index is 1.73. The monoisotopic (exact) mass is 316 g/mol. The SMILES string of the molecule is O=C1CCc2cc(CNS(=O)(=O)c3ccccc3)ccc2N1. The highest BCUT2D eigenvalue weighted by Gasteiger charge is 2.16. The molecule has 2 N–H and O–H groups in total. The fraction of sp³-hybridized carbons (Fsp3) is 0.188. The van der Waals surface area contributed by atoms with Crippen LogP contribution in [0.25, 0.3) is 0 Å². The molecular weight excluding hydrogens is 300 g/mol. The molecule has 1 amide bonds. The first-order valence-electron chi connectivity index (χ1n) is 7.01. The highest BCUT2D eigenvalue weighted by molar-refractivity contribution is 7.89. The number of anilines is 1. The molecule has 0 aromatic heterocycles. The van der Waals surface area contributed by atoms with Crippen molar-refractivity contribution >= 4 is 21.6 Å². The molecule has 1 aliphatic heterocycles. The van der Waals surface area contributed by atoms with Crippen molar-refractivity contribution in [1.82, 2.24) is 4.72 Å². The van der Waals surface area contributed by atoms with Gasteiger partial charge in [-0.2, -0.15) is 0 Å². The topological polar surface area (TPSA) is 75.3 Å². The predicted molar refractivity (Wildman–Crippen MR) is 83.9 cm³/mol. The third-order valence-corrected chi connectivity index (χ3v) is 5.00. The zero-order chi connectivity index (χ0) is 15.6. The lowest BCUT2D eigenvalue weighted by Gasteiger charge is -2.17. The molecule has 2 aromatic rings. The first-order valence-corrected chi connectivity index (χ1v) is 8.49. The van der Waals surface area contributed by atoms with E-state index in [1.54, 1.807) is 30.3 Å². The molecule has 1 aliphatic rings. The summed E-state index contributed by atoms with van der Waals surface area (Å²) in [6.45, 7) is 0.221. The molecule has 22 heavy (non-hydrogen) atoms. The van der Waals surface area contributed by atoms with Crippen LogP contribution in [0, 0.1) is 0 Å². The minimum Gasteiger partial charge on any atom is -0.326 e. The third-order valence-electron chi connectivity index (χ3n) is 3.58. The number of sulfonamides is 1. The van der Waals surface area contributed by atoms with Crippen LogP contribution < -0.4 is 10.0 Å². The van der Waals surface area contributed by atoms with Gasteiger partial charge in [-0.15, -0.1) is 0 Å². The molecule has 0 spiro atoms. The van der Waals surface area contributed by atoms with E-state index < -0.39 is 10.0 Å². The lowest BCUT2D eigenvalue weighted by Crippen LogP contribution is -2.24. The summed E-state index contributed by atoms with van der Waals surface area (Å²) in [5, 5.41) is 2.81. The van der Waals surface area contributed by atoms with Gasteiger partial charge in [0.05, 0.1) is 4.90 Å². The second kappa shape index (κ2) is 5.90. The van der Waals surface area contributed by atoms with Gasteiger partial charge in [-0.05, 0) is 35.7 Å². The van der Waals surface area contributed by atoms with Crippen LogP contribution in [-0.4, -0.2) is 14.3 Å². The Kier molecular flexibility index (Phi) is 3.96. The van der Waals surface area contributed by atoms with E-state index in [-0.39, 0.29) is 17.3 Å². The number of fused-ring (bicyclic) bond motifs is 1. The van der Waals surface area contributed by atoms with E-state index in [1.807, 2.05) is 18.2 Å². The molecule has 3 rings (SSSR count). The number of carbonyl (C=O) groups is 1. The Morgan fingerprint density at radius 1 is 1.05 bits per heavy atom. The standard InChI is InChI=1S/C16H16N2O3S/c19-16-9-7-13-10-12(6-8-15(13)18-16)11-17-22(20,21)14-4-2-1-3-5-14/h1-6,8,10,17H,7,9,11H2,(H,18,19). The lowest BCUT2D eigenvalue weighted by molar-refractivity contribution is -0.116. The van der Waals surface area contributed by atoms with Crippen LogP contribution in [-0.2, 0) is 27.8 Å². The van der Waals surface area contributed by atoms with Crippen molar-refractivity contribution in [3.8, 4) is 0 Å². The molecule has 0 radical (unpaired) electrons. The first-order chi connectivity index (χ1) is 10.5. The van der Waals surface area contributed by atoms with Gasteiger partial charge in [0.2, 0.25) is 15.9 Å². The molecule has 0 atom stereocenters. The van der Waals surface area contributed by atoms with E-state index in [4.69, 9.17) is 0 Å². The Labute approximate surface area is 129 Å². The fourth-order valence-electron chi connectivity index (χ4n) is 2.41. The van der Waals surface area contributed by atoms with Crippen LogP contribution in [0.1, 0.15) is 17.5 Å². The van der Waals surface area contributed by atoms with Crippen LogP contribution in [0.15, 0.2) is 53.4 Å². The minimum absolute atomic E-state index is 0.0185. The van der Waals surface area contributed by atoms with E-state index in [0.717, 1.165) is 16.8 Å². The number of aryl methyl sites for hydroxylation is 1. The van der Waals surface area contributed by atoms with Gasteiger partial charge in [-0.1, -0.05) is 30.3 Å². The highest BCUT2D eigenvalue weighted by atomic mass is 32.2. The maximum atomic E-state index is 12.2. The summed E-state index contributed by atoms with van der Waals surface area (Å²) in [5.74, 6) is 0.0185. The van der Waals surface area contributed by atoms with Crippen molar-refractivity contribution < 1.29 is 13.2 Å². The van der Waals surface area contributed by atoms with Gasteiger partial charge in [0.1, 0.15) is 0 Å². The van der Waals surface area contributed by atoms with Crippen molar-refractivity contribution in [2.45, 2.75) is 24.3 Å². The zero-order valence-corrected chi connectivity index (χ0v) is 12.7. The van der Waals surface area contributed by atoms with E-state index in [1.165, 1.54) is 0 Å². The molecule has 0 fully saturated rings. The maximum Gasteiger partial charge on any atom is 0.240 e. The summed E-state index contributed by atoms with van der Waals surface area (Å²) in [6.07, 6.45) is 1.15. The number of hydrogen-bond acceptors (Lipinski definition) is 3. The average Bonchev–Trinajstić information content (AvgIpc) is 2.54. The van der Waals surface area contributed by atoms with Crippen LogP contribution in [0.2, 0.25) is 0 Å². The van der Waals surface area contributed by atoms with Gasteiger partial charge in [0, 0.05) is 18.7 Å². The van der Waals surface area contributed by atoms with Crippen LogP contribution >= 0.6 is 0 Å². The molecule has 2 aromatic carbocycles. The molecule has 1 heterocycles. The van der Waals surface area contributed by atoms with Crippen molar-refractivity contribution in [3.63, 3.8) is 0 Å². The number of amides is 1. The van der Waals surface area contributed by atoms with Gasteiger partial charge in [0.25, 0.3) is 0 Å². The van der Waals surface area contributed by atoms with Crippen molar-refractivity contribution in [3.05, 3.63) is 59.7 Å². The summed E-state index contributed by atoms with van der Waals surface area (Å²) in [4.78, 5) is 11.6. The molecular formula is C16H16N2O3S. The highest BCUT2D eigenvalue weighted by Crippen LogP contribution is 2.23. The Morgan fingerprint density at radius 3 is 2.59 bits per heavy atom. The second-order valence-corrected chi connectivity index (χ2v) is 6.94. The lowest BCUT2D eigenvalue weighted by atomic mass is 10.0. The molecule has 0 saturated carbocycles. The second-order valence-electron chi connectivity index (χ2n) is 5.18. The Bertz CT molecular complexity index is 801. The van der Waals surface area contributed by atoms with Crippen LogP contribution in [0.5, 0.6) is 0 Å². The van der Waals surface area contributed by atoms with E-state index in [2.05, 4.69) is 10.0 Å². The summed E-state index contributed by atoms with van der Waals surface area (Å²) in [6, 6.07) is 13.8. The predicted octanol–water partition coefficient (Wildman–Crippen LogP) is 2.05. The normalized spacial score (nSPS) is 14.3. The summed E-state index contributed by atoms with van der Waals surface area (Å²) >= 11 is 0. The van der Waals surface area contributed by atoms with Gasteiger partial charge in [-0.3, -0.25) is 4.79 Å². The zero-order valence-electron chi connectivity index (χ0n) is 11.9. The summed E-state index contributed by atoms with van der Waals surface area (Å²) in [5.41, 5.74) is 2.72. The Morgan fingerprint density at radius 2 is 1.82 bits per heavy atom. The van der Waals surface area contributed by atoms with Crippen LogP contribution in [0.3, 0.4) is 0 Å². The molecule has 114 valence electrons. The number of benzene rings is 2.